The van der Waals surface area contributed by atoms with Crippen molar-refractivity contribution in [3.05, 3.63) is 17.8 Å². The Bertz CT molecular complexity index is 454. The van der Waals surface area contributed by atoms with Crippen molar-refractivity contribution >= 4 is 11.8 Å². The summed E-state index contributed by atoms with van der Waals surface area (Å²) in [6, 6.07) is 4.08. The van der Waals surface area contributed by atoms with Crippen LogP contribution in [0, 0.1) is 12.8 Å². The van der Waals surface area contributed by atoms with Crippen LogP contribution >= 0.6 is 0 Å². The molecule has 5 nitrogen and oxygen atoms in total. The van der Waals surface area contributed by atoms with Gasteiger partial charge in [0.05, 0.1) is 13.0 Å². The Morgan fingerprint density at radius 3 is 2.63 bits per heavy atom. The fraction of sp³-hybridized carbons (Fsp3) is 0.571. The third kappa shape index (κ3) is 3.36. The summed E-state index contributed by atoms with van der Waals surface area (Å²) in [4.78, 5) is 15.4. The second-order valence-corrected chi connectivity index (χ2v) is 5.03. The van der Waals surface area contributed by atoms with E-state index in [-0.39, 0.29) is 12.0 Å². The normalized spacial score (nSPS) is 22.8. The first kappa shape index (κ1) is 13.6. The van der Waals surface area contributed by atoms with Gasteiger partial charge in [0.1, 0.15) is 0 Å². The van der Waals surface area contributed by atoms with Crippen LogP contribution in [0.5, 0.6) is 5.75 Å². The molecular formula is C14H20N2O3. The molecule has 1 heterocycles. The third-order valence-corrected chi connectivity index (χ3v) is 3.63. The van der Waals surface area contributed by atoms with Crippen LogP contribution in [0.2, 0.25) is 0 Å². The Morgan fingerprint density at radius 2 is 2.05 bits per heavy atom. The van der Waals surface area contributed by atoms with Crippen molar-refractivity contribution in [2.75, 3.05) is 12.4 Å². The summed E-state index contributed by atoms with van der Waals surface area (Å²) in [6.45, 7) is 1.94. The highest BCUT2D eigenvalue weighted by molar-refractivity contribution is 5.70. The van der Waals surface area contributed by atoms with Crippen molar-refractivity contribution in [3.8, 4) is 5.75 Å². The average Bonchev–Trinajstić information content (AvgIpc) is 2.39. The zero-order chi connectivity index (χ0) is 13.8. The van der Waals surface area contributed by atoms with Gasteiger partial charge < -0.3 is 15.2 Å². The van der Waals surface area contributed by atoms with Crippen LogP contribution in [-0.2, 0) is 4.79 Å². The van der Waals surface area contributed by atoms with E-state index in [4.69, 9.17) is 9.84 Å². The van der Waals surface area contributed by atoms with E-state index in [9.17, 15) is 4.79 Å². The summed E-state index contributed by atoms with van der Waals surface area (Å²) >= 11 is 0. The first-order chi connectivity index (χ1) is 9.10. The Morgan fingerprint density at radius 1 is 1.37 bits per heavy atom. The molecule has 104 valence electrons. The monoisotopic (exact) mass is 264 g/mol. The number of aromatic nitrogens is 1. The molecule has 1 saturated carbocycles. The van der Waals surface area contributed by atoms with Gasteiger partial charge in [0.15, 0.2) is 11.6 Å². The quantitative estimate of drug-likeness (QED) is 0.874. The molecule has 0 amide bonds. The topological polar surface area (TPSA) is 71.5 Å². The van der Waals surface area contributed by atoms with Gasteiger partial charge in [-0.25, -0.2) is 4.98 Å². The molecule has 1 aromatic rings. The molecule has 0 atom stereocenters. The van der Waals surface area contributed by atoms with Gasteiger partial charge in [-0.2, -0.15) is 0 Å². The first-order valence-corrected chi connectivity index (χ1v) is 6.61. The van der Waals surface area contributed by atoms with E-state index >= 15 is 0 Å². The number of carboxylic acids is 1. The van der Waals surface area contributed by atoms with Crippen molar-refractivity contribution in [3.63, 3.8) is 0 Å². The van der Waals surface area contributed by atoms with Crippen LogP contribution in [-0.4, -0.2) is 29.2 Å². The van der Waals surface area contributed by atoms with E-state index < -0.39 is 5.97 Å². The number of ether oxygens (including phenoxy) is 1. The number of pyridine rings is 1. The van der Waals surface area contributed by atoms with E-state index in [0.29, 0.717) is 0 Å². The van der Waals surface area contributed by atoms with Crippen molar-refractivity contribution in [2.45, 2.75) is 38.6 Å². The molecule has 1 aliphatic rings. The van der Waals surface area contributed by atoms with Gasteiger partial charge in [0.2, 0.25) is 0 Å². The van der Waals surface area contributed by atoms with Gasteiger partial charge in [-0.3, -0.25) is 4.79 Å². The number of hydrogen-bond acceptors (Lipinski definition) is 4. The van der Waals surface area contributed by atoms with Gasteiger partial charge in [-0.05, 0) is 44.7 Å². The van der Waals surface area contributed by atoms with Gasteiger partial charge in [0, 0.05) is 11.7 Å². The minimum Gasteiger partial charge on any atom is -0.493 e. The molecule has 19 heavy (non-hydrogen) atoms. The van der Waals surface area contributed by atoms with E-state index in [1.807, 2.05) is 19.1 Å². The summed E-state index contributed by atoms with van der Waals surface area (Å²) in [5, 5.41) is 12.4. The van der Waals surface area contributed by atoms with Crippen LogP contribution in [0.4, 0.5) is 5.82 Å². The minimum absolute atomic E-state index is 0.189. The Hall–Kier alpha value is -1.78. The predicted octanol–water partition coefficient (Wildman–Crippen LogP) is 2.45. The molecule has 5 heteroatoms. The summed E-state index contributed by atoms with van der Waals surface area (Å²) in [6.07, 6.45) is 3.16. The molecular weight excluding hydrogens is 244 g/mol. The summed E-state index contributed by atoms with van der Waals surface area (Å²) in [5.74, 6) is 0.613. The molecule has 0 unspecified atom stereocenters. The zero-order valence-electron chi connectivity index (χ0n) is 11.3. The molecule has 1 aromatic heterocycles. The highest BCUT2D eigenvalue weighted by atomic mass is 16.5. The number of carboxylic acid groups (broad SMARTS) is 1. The van der Waals surface area contributed by atoms with Crippen LogP contribution in [0.3, 0.4) is 0 Å². The number of carbonyl (C=O) groups is 1. The lowest BCUT2D eigenvalue weighted by atomic mass is 9.86. The first-order valence-electron chi connectivity index (χ1n) is 6.61. The molecule has 0 radical (unpaired) electrons. The highest BCUT2D eigenvalue weighted by Crippen LogP contribution is 2.29. The number of nitrogens with one attached hydrogen (secondary N) is 1. The second-order valence-electron chi connectivity index (χ2n) is 5.03. The highest BCUT2D eigenvalue weighted by Gasteiger charge is 2.26. The maximum atomic E-state index is 10.9. The van der Waals surface area contributed by atoms with E-state index in [1.165, 1.54) is 0 Å². The van der Waals surface area contributed by atoms with Crippen molar-refractivity contribution in [1.29, 1.82) is 0 Å². The lowest BCUT2D eigenvalue weighted by Crippen LogP contribution is -2.29. The fourth-order valence-electron chi connectivity index (χ4n) is 2.49. The third-order valence-electron chi connectivity index (χ3n) is 3.63. The SMILES string of the molecule is COc1ccc(C)nc1NC1CCC(C(=O)O)CC1. The van der Waals surface area contributed by atoms with Gasteiger partial charge in [-0.1, -0.05) is 0 Å². The number of anilines is 1. The number of aliphatic carboxylic acids is 1. The number of methoxy groups -OCH3 is 1. The number of nitrogens with zero attached hydrogens (tertiary/aromatic N) is 1. The Balaban J connectivity index is 1.99. The molecule has 1 aliphatic carbocycles. The standard InChI is InChI=1S/C14H20N2O3/c1-9-3-8-12(19-2)13(15-9)16-11-6-4-10(5-7-11)14(17)18/h3,8,10-11H,4-7H2,1-2H3,(H,15,16)(H,17,18). The van der Waals surface area contributed by atoms with E-state index in [1.54, 1.807) is 7.11 Å². The maximum absolute atomic E-state index is 10.9. The molecule has 0 spiro atoms. The molecule has 1 fully saturated rings. The molecule has 0 aromatic carbocycles. The lowest BCUT2D eigenvalue weighted by Gasteiger charge is -2.27. The summed E-state index contributed by atoms with van der Waals surface area (Å²) in [7, 11) is 1.62. The van der Waals surface area contributed by atoms with E-state index in [0.717, 1.165) is 42.9 Å². The van der Waals surface area contributed by atoms with Gasteiger partial charge in [0.25, 0.3) is 0 Å². The molecule has 0 saturated heterocycles. The van der Waals surface area contributed by atoms with Crippen molar-refractivity contribution in [2.24, 2.45) is 5.92 Å². The zero-order valence-corrected chi connectivity index (χ0v) is 11.3. The molecule has 2 N–H and O–H groups in total. The lowest BCUT2D eigenvalue weighted by molar-refractivity contribution is -0.142. The van der Waals surface area contributed by atoms with Crippen LogP contribution in [0.25, 0.3) is 0 Å². The average molecular weight is 264 g/mol. The van der Waals surface area contributed by atoms with Crippen molar-refractivity contribution in [1.82, 2.24) is 4.98 Å². The minimum atomic E-state index is -0.676. The number of rotatable bonds is 4. The van der Waals surface area contributed by atoms with Gasteiger partial charge >= 0.3 is 5.97 Å². The Kier molecular flexibility index (Phi) is 4.24. The van der Waals surface area contributed by atoms with Crippen LogP contribution < -0.4 is 10.1 Å². The number of aryl methyl sites for hydroxylation is 1. The number of hydrogen-bond donors (Lipinski definition) is 2. The molecule has 0 bridgehead atoms. The predicted molar refractivity (Wildman–Crippen MR) is 72.5 cm³/mol. The summed E-state index contributed by atoms with van der Waals surface area (Å²) < 4.78 is 5.28. The van der Waals surface area contributed by atoms with E-state index in [2.05, 4.69) is 10.3 Å². The molecule has 2 rings (SSSR count). The van der Waals surface area contributed by atoms with Crippen molar-refractivity contribution < 1.29 is 14.6 Å². The summed E-state index contributed by atoms with van der Waals surface area (Å²) in [5.41, 5.74) is 0.933. The van der Waals surface area contributed by atoms with Gasteiger partial charge in [-0.15, -0.1) is 0 Å². The second kappa shape index (κ2) is 5.91. The largest absolute Gasteiger partial charge is 0.493 e. The Labute approximate surface area is 113 Å². The molecule has 0 aliphatic heterocycles. The van der Waals surface area contributed by atoms with Crippen LogP contribution in [0.15, 0.2) is 12.1 Å². The van der Waals surface area contributed by atoms with Crippen LogP contribution in [0.1, 0.15) is 31.4 Å². The smallest absolute Gasteiger partial charge is 0.306 e. The maximum Gasteiger partial charge on any atom is 0.306 e. The fourth-order valence-corrected chi connectivity index (χ4v) is 2.49.